The third-order valence-corrected chi connectivity index (χ3v) is 4.75. The highest BCUT2D eigenvalue weighted by Crippen LogP contribution is 2.22. The minimum atomic E-state index is -0.161. The van der Waals surface area contributed by atoms with E-state index in [1.807, 2.05) is 43.3 Å². The number of fused-ring (bicyclic) bond motifs is 1. The average molecular weight is 364 g/mol. The first-order chi connectivity index (χ1) is 13.0. The maximum Gasteiger partial charge on any atom is 0.251 e. The number of ether oxygens (including phenoxy) is 1. The monoisotopic (exact) mass is 364 g/mol. The first kappa shape index (κ1) is 18.7. The second kappa shape index (κ2) is 8.08. The number of aromatic nitrogens is 1. The van der Waals surface area contributed by atoms with Gasteiger partial charge in [0.1, 0.15) is 5.75 Å². The number of amides is 1. The molecule has 0 aliphatic rings. The molecule has 0 saturated heterocycles. The minimum Gasteiger partial charge on any atom is -0.497 e. The summed E-state index contributed by atoms with van der Waals surface area (Å²) < 4.78 is 5.23. The van der Waals surface area contributed by atoms with Gasteiger partial charge in [0, 0.05) is 28.6 Å². The van der Waals surface area contributed by atoms with Crippen LogP contribution in [0.5, 0.6) is 5.75 Å². The van der Waals surface area contributed by atoms with Gasteiger partial charge in [0.05, 0.1) is 7.11 Å². The second-order valence-corrected chi connectivity index (χ2v) is 6.59. The number of aryl methyl sites for hydroxylation is 3. The van der Waals surface area contributed by atoms with E-state index in [1.165, 1.54) is 0 Å². The molecule has 0 aliphatic heterocycles. The van der Waals surface area contributed by atoms with Crippen molar-refractivity contribution in [2.24, 2.45) is 0 Å². The van der Waals surface area contributed by atoms with Crippen LogP contribution in [0.25, 0.3) is 10.9 Å². The van der Waals surface area contributed by atoms with E-state index in [9.17, 15) is 9.59 Å². The van der Waals surface area contributed by atoms with Gasteiger partial charge in [-0.3, -0.25) is 9.59 Å². The largest absolute Gasteiger partial charge is 0.497 e. The number of hydrogen-bond acceptors (Lipinski definition) is 3. The predicted molar refractivity (Wildman–Crippen MR) is 109 cm³/mol. The van der Waals surface area contributed by atoms with Crippen molar-refractivity contribution in [3.05, 3.63) is 69.5 Å². The molecule has 0 aliphatic carbocycles. The van der Waals surface area contributed by atoms with E-state index in [0.29, 0.717) is 12.0 Å². The number of benzene rings is 2. The lowest BCUT2D eigenvalue weighted by Gasteiger charge is -2.13. The smallest absolute Gasteiger partial charge is 0.251 e. The molecule has 0 bridgehead atoms. The number of aromatic amines is 1. The summed E-state index contributed by atoms with van der Waals surface area (Å²) in [5.74, 6) is 0.633. The van der Waals surface area contributed by atoms with Crippen molar-refractivity contribution in [2.45, 2.75) is 33.1 Å². The van der Waals surface area contributed by atoms with Crippen LogP contribution < -0.4 is 15.6 Å². The fourth-order valence-corrected chi connectivity index (χ4v) is 3.19. The number of para-hydroxylation sites is 1. The van der Waals surface area contributed by atoms with Crippen molar-refractivity contribution in [1.29, 1.82) is 0 Å². The maximum absolute atomic E-state index is 12.4. The Kier molecular flexibility index (Phi) is 5.60. The molecular weight excluding hydrogens is 340 g/mol. The standard InChI is InChI=1S/C22H24N2O3/c1-4-15-7-5-6-14(2)21(15)24-20(25)11-8-16-12-17-13-18(27-3)9-10-19(17)23-22(16)26/h5-7,9-10,12-13H,4,8,11H2,1-3H3,(H,23,26)(H,24,25). The van der Waals surface area contributed by atoms with Crippen molar-refractivity contribution in [2.75, 3.05) is 12.4 Å². The number of H-pyrrole nitrogens is 1. The average Bonchev–Trinajstić information content (AvgIpc) is 2.67. The third kappa shape index (κ3) is 4.19. The van der Waals surface area contributed by atoms with E-state index < -0.39 is 0 Å². The summed E-state index contributed by atoms with van der Waals surface area (Å²) in [6.07, 6.45) is 1.47. The summed E-state index contributed by atoms with van der Waals surface area (Å²) in [7, 11) is 1.61. The Morgan fingerprint density at radius 3 is 2.70 bits per heavy atom. The minimum absolute atomic E-state index is 0.0934. The Morgan fingerprint density at radius 1 is 1.15 bits per heavy atom. The number of nitrogens with one attached hydrogen (secondary N) is 2. The van der Waals surface area contributed by atoms with Gasteiger partial charge in [0.15, 0.2) is 0 Å². The fraction of sp³-hybridized carbons (Fsp3) is 0.273. The number of carbonyl (C=O) groups is 1. The van der Waals surface area contributed by atoms with Gasteiger partial charge in [-0.25, -0.2) is 0 Å². The quantitative estimate of drug-likeness (QED) is 0.695. The van der Waals surface area contributed by atoms with Gasteiger partial charge in [-0.2, -0.15) is 0 Å². The fourth-order valence-electron chi connectivity index (χ4n) is 3.19. The lowest BCUT2D eigenvalue weighted by molar-refractivity contribution is -0.116. The number of methoxy groups -OCH3 is 1. The summed E-state index contributed by atoms with van der Waals surface area (Å²) in [6.45, 7) is 4.05. The molecule has 140 valence electrons. The van der Waals surface area contributed by atoms with Gasteiger partial charge < -0.3 is 15.0 Å². The van der Waals surface area contributed by atoms with Crippen LogP contribution in [0.3, 0.4) is 0 Å². The van der Waals surface area contributed by atoms with Gasteiger partial charge in [-0.1, -0.05) is 25.1 Å². The lowest BCUT2D eigenvalue weighted by Crippen LogP contribution is -2.18. The van der Waals surface area contributed by atoms with Crippen LogP contribution in [0.4, 0.5) is 5.69 Å². The second-order valence-electron chi connectivity index (χ2n) is 6.59. The zero-order valence-corrected chi connectivity index (χ0v) is 15.9. The highest BCUT2D eigenvalue weighted by molar-refractivity contribution is 5.92. The molecule has 5 nitrogen and oxygen atoms in total. The van der Waals surface area contributed by atoms with Gasteiger partial charge >= 0.3 is 0 Å². The molecule has 1 heterocycles. The molecule has 0 fully saturated rings. The van der Waals surface area contributed by atoms with Crippen LogP contribution in [0, 0.1) is 6.92 Å². The number of hydrogen-bond donors (Lipinski definition) is 2. The zero-order valence-electron chi connectivity index (χ0n) is 15.9. The lowest BCUT2D eigenvalue weighted by atomic mass is 10.0. The van der Waals surface area contributed by atoms with E-state index >= 15 is 0 Å². The zero-order chi connectivity index (χ0) is 19.4. The summed E-state index contributed by atoms with van der Waals surface area (Å²) in [5.41, 5.74) is 4.21. The van der Waals surface area contributed by atoms with E-state index in [-0.39, 0.29) is 17.9 Å². The van der Waals surface area contributed by atoms with Crippen molar-refractivity contribution in [3.63, 3.8) is 0 Å². The van der Waals surface area contributed by atoms with E-state index in [0.717, 1.165) is 39.9 Å². The molecule has 0 spiro atoms. The van der Waals surface area contributed by atoms with Gasteiger partial charge in [0.2, 0.25) is 5.91 Å². The molecule has 0 radical (unpaired) electrons. The molecule has 1 amide bonds. The number of rotatable bonds is 6. The number of pyridine rings is 1. The molecule has 27 heavy (non-hydrogen) atoms. The molecule has 2 aromatic carbocycles. The van der Waals surface area contributed by atoms with Crippen LogP contribution in [0.2, 0.25) is 0 Å². The Bertz CT molecular complexity index is 1040. The molecule has 0 atom stereocenters. The Balaban J connectivity index is 1.75. The first-order valence-corrected chi connectivity index (χ1v) is 9.10. The summed E-state index contributed by atoms with van der Waals surface area (Å²) in [4.78, 5) is 27.6. The number of anilines is 1. The van der Waals surface area contributed by atoms with Crippen molar-refractivity contribution in [3.8, 4) is 5.75 Å². The molecule has 1 aromatic heterocycles. The Labute approximate surface area is 158 Å². The topological polar surface area (TPSA) is 71.2 Å². The molecule has 2 N–H and O–H groups in total. The molecular formula is C22H24N2O3. The predicted octanol–water partition coefficient (Wildman–Crippen LogP) is 3.98. The van der Waals surface area contributed by atoms with Crippen molar-refractivity contribution < 1.29 is 9.53 Å². The molecule has 0 saturated carbocycles. The van der Waals surface area contributed by atoms with E-state index in [4.69, 9.17) is 4.74 Å². The van der Waals surface area contributed by atoms with Crippen molar-refractivity contribution >= 4 is 22.5 Å². The van der Waals surface area contributed by atoms with E-state index in [1.54, 1.807) is 13.2 Å². The first-order valence-electron chi connectivity index (χ1n) is 9.10. The van der Waals surface area contributed by atoms with Gasteiger partial charge in [-0.05, 0) is 55.2 Å². The molecule has 3 aromatic rings. The van der Waals surface area contributed by atoms with Crippen LogP contribution in [-0.4, -0.2) is 18.0 Å². The highest BCUT2D eigenvalue weighted by atomic mass is 16.5. The molecule has 5 heteroatoms. The van der Waals surface area contributed by atoms with Crippen molar-refractivity contribution in [1.82, 2.24) is 4.98 Å². The molecule has 3 rings (SSSR count). The SMILES string of the molecule is CCc1cccc(C)c1NC(=O)CCc1cc2cc(OC)ccc2[nH]c1=O. The third-order valence-electron chi connectivity index (χ3n) is 4.75. The Hall–Kier alpha value is -3.08. The summed E-state index contributed by atoms with van der Waals surface area (Å²) in [6, 6.07) is 13.3. The highest BCUT2D eigenvalue weighted by Gasteiger charge is 2.11. The number of carbonyl (C=O) groups excluding carboxylic acids is 1. The van der Waals surface area contributed by atoms with Crippen LogP contribution >= 0.6 is 0 Å². The normalized spacial score (nSPS) is 10.8. The summed E-state index contributed by atoms with van der Waals surface area (Å²) >= 11 is 0. The van der Waals surface area contributed by atoms with Crippen LogP contribution in [0.15, 0.2) is 47.3 Å². The maximum atomic E-state index is 12.4. The van der Waals surface area contributed by atoms with Gasteiger partial charge in [0.25, 0.3) is 5.56 Å². The van der Waals surface area contributed by atoms with Gasteiger partial charge in [-0.15, -0.1) is 0 Å². The van der Waals surface area contributed by atoms with E-state index in [2.05, 4.69) is 17.2 Å². The van der Waals surface area contributed by atoms with Crippen LogP contribution in [-0.2, 0) is 17.6 Å². The molecule has 0 unspecified atom stereocenters. The summed E-state index contributed by atoms with van der Waals surface area (Å²) in [5, 5.41) is 3.89. The Morgan fingerprint density at radius 2 is 1.96 bits per heavy atom. The van der Waals surface area contributed by atoms with Crippen LogP contribution in [0.1, 0.15) is 30.0 Å².